The van der Waals surface area contributed by atoms with E-state index >= 15 is 0 Å². The predicted molar refractivity (Wildman–Crippen MR) is 57.3 cm³/mol. The number of rotatable bonds is 1. The lowest BCUT2D eigenvalue weighted by molar-refractivity contribution is 0.422. The zero-order valence-corrected chi connectivity index (χ0v) is 9.67. The molecule has 0 aliphatic rings. The average Bonchev–Trinajstić information content (AvgIpc) is 2.62. The molecule has 0 radical (unpaired) electrons. The highest BCUT2D eigenvalue weighted by molar-refractivity contribution is 9.13. The van der Waals surface area contributed by atoms with Crippen molar-refractivity contribution < 1.29 is 4.52 Å². The molecule has 66 valence electrons. The molecule has 2 rings (SSSR count). The van der Waals surface area contributed by atoms with Crippen molar-refractivity contribution in [2.45, 2.75) is 0 Å². The Balaban J connectivity index is 2.49. The van der Waals surface area contributed by atoms with Crippen LogP contribution in [0.1, 0.15) is 0 Å². The third-order valence-electron chi connectivity index (χ3n) is 1.65. The Kier molecular flexibility index (Phi) is 2.51. The lowest BCUT2D eigenvalue weighted by atomic mass is 10.2. The molecule has 0 aliphatic carbocycles. The Morgan fingerprint density at radius 1 is 1.08 bits per heavy atom. The van der Waals surface area contributed by atoms with Crippen LogP contribution in [0.3, 0.4) is 0 Å². The summed E-state index contributed by atoms with van der Waals surface area (Å²) in [6.07, 6.45) is 1.56. The number of halogens is 2. The summed E-state index contributed by atoms with van der Waals surface area (Å²) in [5.41, 5.74) is 1.87. The van der Waals surface area contributed by atoms with Gasteiger partial charge in [0.2, 0.25) is 0 Å². The van der Waals surface area contributed by atoms with Crippen LogP contribution in [0.2, 0.25) is 0 Å². The van der Waals surface area contributed by atoms with Crippen LogP contribution < -0.4 is 0 Å². The monoisotopic (exact) mass is 301 g/mol. The minimum absolute atomic E-state index is 0.841. The van der Waals surface area contributed by atoms with Gasteiger partial charge in [-0.05, 0) is 44.0 Å². The first-order valence-electron chi connectivity index (χ1n) is 3.63. The number of aromatic nitrogens is 1. The molecule has 4 heteroatoms. The molecule has 1 aromatic carbocycles. The fraction of sp³-hybridized carbons (Fsp3) is 0. The van der Waals surface area contributed by atoms with E-state index in [2.05, 4.69) is 37.0 Å². The summed E-state index contributed by atoms with van der Waals surface area (Å²) in [6.45, 7) is 0. The second kappa shape index (κ2) is 3.64. The van der Waals surface area contributed by atoms with Gasteiger partial charge in [-0.25, -0.2) is 0 Å². The first-order chi connectivity index (χ1) is 6.27. The molecule has 13 heavy (non-hydrogen) atoms. The van der Waals surface area contributed by atoms with Gasteiger partial charge < -0.3 is 4.52 Å². The molecule has 2 nitrogen and oxygen atoms in total. The molecule has 0 spiro atoms. The van der Waals surface area contributed by atoms with E-state index in [1.54, 1.807) is 6.26 Å². The molecule has 0 saturated heterocycles. The summed E-state index contributed by atoms with van der Waals surface area (Å²) in [5, 5.41) is 3.85. The fourth-order valence-electron chi connectivity index (χ4n) is 1.02. The number of benzene rings is 1. The molecule has 0 N–H and O–H groups in total. The molecule has 0 atom stereocenters. The summed E-state index contributed by atoms with van der Waals surface area (Å²) in [4.78, 5) is 0. The molecule has 0 saturated carbocycles. The van der Waals surface area contributed by atoms with Gasteiger partial charge in [0.15, 0.2) is 0 Å². The van der Waals surface area contributed by atoms with Crippen molar-refractivity contribution >= 4 is 31.9 Å². The van der Waals surface area contributed by atoms with Crippen molar-refractivity contribution in [3.8, 4) is 11.3 Å². The predicted octanol–water partition coefficient (Wildman–Crippen LogP) is 3.87. The number of hydrogen-bond acceptors (Lipinski definition) is 2. The second-order valence-electron chi connectivity index (χ2n) is 2.51. The third-order valence-corrected chi connectivity index (χ3v) is 3.53. The highest BCUT2D eigenvalue weighted by Gasteiger charge is 2.03. The maximum absolute atomic E-state index is 4.76. The standard InChI is InChI=1S/C9H5Br2NO/c10-7-2-1-6(5-8(7)11)9-3-4-13-12-9/h1-5H. The van der Waals surface area contributed by atoms with Gasteiger partial charge in [0, 0.05) is 20.6 Å². The van der Waals surface area contributed by atoms with Crippen molar-refractivity contribution in [2.75, 3.05) is 0 Å². The molecular formula is C9H5Br2NO. The minimum Gasteiger partial charge on any atom is -0.364 e. The van der Waals surface area contributed by atoms with E-state index in [0.717, 1.165) is 20.2 Å². The summed E-state index contributed by atoms with van der Waals surface area (Å²) in [6, 6.07) is 7.76. The SMILES string of the molecule is Brc1ccc(-c2ccon2)cc1Br. The van der Waals surface area contributed by atoms with Crippen molar-refractivity contribution in [3.05, 3.63) is 39.5 Å². The zero-order valence-electron chi connectivity index (χ0n) is 6.50. The van der Waals surface area contributed by atoms with Crippen LogP contribution in [0.15, 0.2) is 44.0 Å². The maximum Gasteiger partial charge on any atom is 0.124 e. The van der Waals surface area contributed by atoms with Gasteiger partial charge in [-0.3, -0.25) is 0 Å². The van der Waals surface area contributed by atoms with Gasteiger partial charge in [-0.1, -0.05) is 11.2 Å². The van der Waals surface area contributed by atoms with Gasteiger partial charge in [0.1, 0.15) is 12.0 Å². The summed E-state index contributed by atoms with van der Waals surface area (Å²) in [7, 11) is 0. The van der Waals surface area contributed by atoms with Gasteiger partial charge in [0.25, 0.3) is 0 Å². The molecule has 0 unspecified atom stereocenters. The largest absolute Gasteiger partial charge is 0.364 e. The van der Waals surface area contributed by atoms with Crippen molar-refractivity contribution in [1.82, 2.24) is 5.16 Å². The van der Waals surface area contributed by atoms with E-state index < -0.39 is 0 Å². The Morgan fingerprint density at radius 2 is 1.92 bits per heavy atom. The molecule has 1 heterocycles. The van der Waals surface area contributed by atoms with Gasteiger partial charge in [-0.15, -0.1) is 0 Å². The second-order valence-corrected chi connectivity index (χ2v) is 4.22. The van der Waals surface area contributed by atoms with Crippen molar-refractivity contribution in [3.63, 3.8) is 0 Å². The van der Waals surface area contributed by atoms with Gasteiger partial charge >= 0.3 is 0 Å². The van der Waals surface area contributed by atoms with Crippen LogP contribution in [-0.2, 0) is 0 Å². The molecule has 2 aromatic rings. The van der Waals surface area contributed by atoms with E-state index in [1.165, 1.54) is 0 Å². The Morgan fingerprint density at radius 3 is 2.54 bits per heavy atom. The van der Waals surface area contributed by atoms with Crippen molar-refractivity contribution in [1.29, 1.82) is 0 Å². The first-order valence-corrected chi connectivity index (χ1v) is 5.22. The number of nitrogens with zero attached hydrogens (tertiary/aromatic N) is 1. The molecule has 0 amide bonds. The Labute approximate surface area is 92.2 Å². The zero-order chi connectivity index (χ0) is 9.26. The molecule has 0 bridgehead atoms. The third kappa shape index (κ3) is 1.84. The summed E-state index contributed by atoms with van der Waals surface area (Å²) >= 11 is 6.83. The average molecular weight is 303 g/mol. The highest BCUT2D eigenvalue weighted by Crippen LogP contribution is 2.28. The molecule has 0 fully saturated rings. The van der Waals surface area contributed by atoms with E-state index in [0.29, 0.717) is 0 Å². The van der Waals surface area contributed by atoms with E-state index in [4.69, 9.17) is 4.52 Å². The van der Waals surface area contributed by atoms with Crippen LogP contribution in [0, 0.1) is 0 Å². The minimum atomic E-state index is 0.841. The van der Waals surface area contributed by atoms with E-state index in [9.17, 15) is 0 Å². The topological polar surface area (TPSA) is 26.0 Å². The van der Waals surface area contributed by atoms with Crippen LogP contribution in [-0.4, -0.2) is 5.16 Å². The highest BCUT2D eigenvalue weighted by atomic mass is 79.9. The maximum atomic E-state index is 4.76. The Hall–Kier alpha value is -0.610. The first kappa shape index (κ1) is 8.97. The summed E-state index contributed by atoms with van der Waals surface area (Å²) < 4.78 is 6.80. The van der Waals surface area contributed by atoms with Crippen LogP contribution in [0.5, 0.6) is 0 Å². The normalized spacial score (nSPS) is 10.3. The molecule has 1 aromatic heterocycles. The van der Waals surface area contributed by atoms with E-state index in [1.807, 2.05) is 24.3 Å². The van der Waals surface area contributed by atoms with Crippen LogP contribution in [0.25, 0.3) is 11.3 Å². The summed E-state index contributed by atoms with van der Waals surface area (Å²) in [5.74, 6) is 0. The molecule has 0 aliphatic heterocycles. The van der Waals surface area contributed by atoms with E-state index in [-0.39, 0.29) is 0 Å². The number of hydrogen-bond donors (Lipinski definition) is 0. The van der Waals surface area contributed by atoms with Crippen LogP contribution >= 0.6 is 31.9 Å². The van der Waals surface area contributed by atoms with Crippen LogP contribution in [0.4, 0.5) is 0 Å². The fourth-order valence-corrected chi connectivity index (χ4v) is 1.64. The van der Waals surface area contributed by atoms with Gasteiger partial charge in [0.05, 0.1) is 0 Å². The lowest BCUT2D eigenvalue weighted by Gasteiger charge is -1.98. The lowest BCUT2D eigenvalue weighted by Crippen LogP contribution is -1.77. The van der Waals surface area contributed by atoms with Crippen molar-refractivity contribution in [2.24, 2.45) is 0 Å². The smallest absolute Gasteiger partial charge is 0.124 e. The quantitative estimate of drug-likeness (QED) is 0.799. The van der Waals surface area contributed by atoms with Gasteiger partial charge in [-0.2, -0.15) is 0 Å². The molecular weight excluding hydrogens is 298 g/mol. The Bertz CT molecular complexity index is 412.